The molecule has 0 radical (unpaired) electrons. The lowest BCUT2D eigenvalue weighted by molar-refractivity contribution is 0.171. The molecule has 3 nitrogen and oxygen atoms in total. The van der Waals surface area contributed by atoms with Crippen LogP contribution in [-0.4, -0.2) is 12.9 Å². The van der Waals surface area contributed by atoms with E-state index >= 15 is 0 Å². The Hall–Kier alpha value is -1.64. The predicted octanol–water partition coefficient (Wildman–Crippen LogP) is 2.69. The van der Waals surface area contributed by atoms with Crippen LogP contribution >= 0.6 is 0 Å². The topological polar surface area (TPSA) is 27.7 Å². The number of rotatable bonds is 2. The van der Waals surface area contributed by atoms with Crippen LogP contribution in [0.4, 0.5) is 0 Å². The molecule has 0 bridgehead atoms. The van der Waals surface area contributed by atoms with Crippen molar-refractivity contribution in [3.63, 3.8) is 0 Å². The maximum atomic E-state index is 5.89. The molecule has 0 saturated carbocycles. The second-order valence-corrected chi connectivity index (χ2v) is 4.12. The summed E-state index contributed by atoms with van der Waals surface area (Å²) in [5.41, 5.74) is 1.21. The van der Waals surface area contributed by atoms with Crippen LogP contribution in [0.25, 0.3) is 0 Å². The van der Waals surface area contributed by atoms with Crippen molar-refractivity contribution in [1.29, 1.82) is 0 Å². The minimum Gasteiger partial charge on any atom is -0.490 e. The molecule has 84 valence electrons. The van der Waals surface area contributed by atoms with Gasteiger partial charge in [0.2, 0.25) is 6.79 Å². The Morgan fingerprint density at radius 1 is 1.25 bits per heavy atom. The molecule has 3 heteroatoms. The van der Waals surface area contributed by atoms with Crippen molar-refractivity contribution in [2.24, 2.45) is 0 Å². The van der Waals surface area contributed by atoms with Gasteiger partial charge < -0.3 is 14.2 Å². The van der Waals surface area contributed by atoms with E-state index in [0.717, 1.165) is 36.5 Å². The number of benzene rings is 1. The Kier molecular flexibility index (Phi) is 2.24. The Morgan fingerprint density at radius 2 is 2.06 bits per heavy atom. The average molecular weight is 218 g/mol. The molecular formula is C13H14O3. The zero-order valence-electron chi connectivity index (χ0n) is 9.07. The molecule has 1 aromatic carbocycles. The van der Waals surface area contributed by atoms with Crippen LogP contribution < -0.4 is 14.2 Å². The quantitative estimate of drug-likeness (QED) is 0.714. The molecule has 0 N–H and O–H groups in total. The van der Waals surface area contributed by atoms with Gasteiger partial charge in [0.25, 0.3) is 0 Å². The standard InChI is InChI=1S/C13H14O3/c1-2-3-10-5-4-9-6-12-13(15-8-14-12)7-11(9)16-10/h2,6-7,10H,1,3-5,8H2. The highest BCUT2D eigenvalue weighted by Gasteiger charge is 2.23. The normalized spacial score (nSPS) is 21.1. The summed E-state index contributed by atoms with van der Waals surface area (Å²) in [5, 5.41) is 0. The third-order valence-corrected chi connectivity index (χ3v) is 3.01. The van der Waals surface area contributed by atoms with E-state index in [2.05, 4.69) is 6.58 Å². The molecule has 2 heterocycles. The molecule has 16 heavy (non-hydrogen) atoms. The lowest BCUT2D eigenvalue weighted by atomic mass is 10.00. The number of fused-ring (bicyclic) bond motifs is 2. The number of hydrogen-bond acceptors (Lipinski definition) is 3. The summed E-state index contributed by atoms with van der Waals surface area (Å²) in [6.45, 7) is 4.06. The Labute approximate surface area is 94.6 Å². The molecular weight excluding hydrogens is 204 g/mol. The van der Waals surface area contributed by atoms with Gasteiger partial charge in [0.05, 0.1) is 0 Å². The van der Waals surface area contributed by atoms with E-state index in [1.807, 2.05) is 18.2 Å². The van der Waals surface area contributed by atoms with E-state index in [1.165, 1.54) is 5.56 Å². The van der Waals surface area contributed by atoms with E-state index in [-0.39, 0.29) is 6.10 Å². The summed E-state index contributed by atoms with van der Waals surface area (Å²) in [4.78, 5) is 0. The van der Waals surface area contributed by atoms with E-state index in [1.54, 1.807) is 0 Å². The third-order valence-electron chi connectivity index (χ3n) is 3.01. The molecule has 2 aliphatic heterocycles. The smallest absolute Gasteiger partial charge is 0.231 e. The molecule has 0 aliphatic carbocycles. The molecule has 0 amide bonds. The van der Waals surface area contributed by atoms with Crippen molar-refractivity contribution in [2.75, 3.05) is 6.79 Å². The highest BCUT2D eigenvalue weighted by atomic mass is 16.7. The van der Waals surface area contributed by atoms with Crippen molar-refractivity contribution in [1.82, 2.24) is 0 Å². The first-order valence-corrected chi connectivity index (χ1v) is 5.57. The molecule has 2 aliphatic rings. The van der Waals surface area contributed by atoms with Crippen LogP contribution in [0, 0.1) is 0 Å². The van der Waals surface area contributed by atoms with Gasteiger partial charge in [0.1, 0.15) is 11.9 Å². The summed E-state index contributed by atoms with van der Waals surface area (Å²) in [6, 6.07) is 3.97. The van der Waals surface area contributed by atoms with Gasteiger partial charge in [-0.1, -0.05) is 6.08 Å². The van der Waals surface area contributed by atoms with Gasteiger partial charge in [0, 0.05) is 12.5 Å². The van der Waals surface area contributed by atoms with Crippen molar-refractivity contribution in [3.05, 3.63) is 30.4 Å². The summed E-state index contributed by atoms with van der Waals surface area (Å²) in [6.07, 6.45) is 5.13. The molecule has 1 atom stereocenters. The first kappa shape index (κ1) is 9.58. The Bertz CT molecular complexity index is 425. The Morgan fingerprint density at radius 3 is 2.88 bits per heavy atom. The van der Waals surface area contributed by atoms with Crippen LogP contribution in [0.5, 0.6) is 17.2 Å². The fourth-order valence-corrected chi connectivity index (χ4v) is 2.18. The first-order valence-electron chi connectivity index (χ1n) is 5.57. The fraction of sp³-hybridized carbons (Fsp3) is 0.385. The van der Waals surface area contributed by atoms with Crippen molar-refractivity contribution in [2.45, 2.75) is 25.4 Å². The SMILES string of the molecule is C=CCC1CCc2cc3c(cc2O1)OCO3. The van der Waals surface area contributed by atoms with E-state index < -0.39 is 0 Å². The second-order valence-electron chi connectivity index (χ2n) is 4.12. The summed E-state index contributed by atoms with van der Waals surface area (Å²) >= 11 is 0. The molecule has 0 saturated heterocycles. The summed E-state index contributed by atoms with van der Waals surface area (Å²) in [7, 11) is 0. The van der Waals surface area contributed by atoms with Crippen LogP contribution in [-0.2, 0) is 6.42 Å². The van der Waals surface area contributed by atoms with E-state index in [0.29, 0.717) is 6.79 Å². The minimum atomic E-state index is 0.255. The van der Waals surface area contributed by atoms with Gasteiger partial charge in [-0.2, -0.15) is 0 Å². The fourth-order valence-electron chi connectivity index (χ4n) is 2.18. The van der Waals surface area contributed by atoms with Gasteiger partial charge in [0.15, 0.2) is 11.5 Å². The van der Waals surface area contributed by atoms with Crippen LogP contribution in [0.2, 0.25) is 0 Å². The zero-order valence-corrected chi connectivity index (χ0v) is 9.07. The lowest BCUT2D eigenvalue weighted by Gasteiger charge is -2.25. The predicted molar refractivity (Wildman–Crippen MR) is 60.1 cm³/mol. The zero-order chi connectivity index (χ0) is 11.0. The maximum absolute atomic E-state index is 5.89. The van der Waals surface area contributed by atoms with Gasteiger partial charge >= 0.3 is 0 Å². The maximum Gasteiger partial charge on any atom is 0.231 e. The second kappa shape index (κ2) is 3.74. The number of aryl methyl sites for hydroxylation is 1. The van der Waals surface area contributed by atoms with Gasteiger partial charge in [-0.15, -0.1) is 6.58 Å². The largest absolute Gasteiger partial charge is 0.490 e. The van der Waals surface area contributed by atoms with Gasteiger partial charge in [-0.05, 0) is 24.5 Å². The van der Waals surface area contributed by atoms with Crippen LogP contribution in [0.1, 0.15) is 18.4 Å². The van der Waals surface area contributed by atoms with Crippen LogP contribution in [0.3, 0.4) is 0 Å². The summed E-state index contributed by atoms with van der Waals surface area (Å²) < 4.78 is 16.6. The van der Waals surface area contributed by atoms with Crippen LogP contribution in [0.15, 0.2) is 24.8 Å². The third kappa shape index (κ3) is 1.52. The minimum absolute atomic E-state index is 0.255. The van der Waals surface area contributed by atoms with Gasteiger partial charge in [-0.3, -0.25) is 0 Å². The lowest BCUT2D eigenvalue weighted by Crippen LogP contribution is -2.21. The van der Waals surface area contributed by atoms with Crippen molar-refractivity contribution >= 4 is 0 Å². The molecule has 0 spiro atoms. The first-order chi connectivity index (χ1) is 7.86. The molecule has 3 rings (SSSR count). The van der Waals surface area contributed by atoms with Crippen molar-refractivity contribution < 1.29 is 14.2 Å². The van der Waals surface area contributed by atoms with Gasteiger partial charge in [-0.25, -0.2) is 0 Å². The highest BCUT2D eigenvalue weighted by molar-refractivity contribution is 5.52. The average Bonchev–Trinajstić information content (AvgIpc) is 2.73. The Balaban J connectivity index is 1.90. The monoisotopic (exact) mass is 218 g/mol. The highest BCUT2D eigenvalue weighted by Crippen LogP contribution is 2.41. The number of hydrogen-bond donors (Lipinski definition) is 0. The van der Waals surface area contributed by atoms with Crippen molar-refractivity contribution in [3.8, 4) is 17.2 Å². The molecule has 1 aromatic rings. The molecule has 0 fully saturated rings. The summed E-state index contributed by atoms with van der Waals surface area (Å²) in [5.74, 6) is 2.56. The van der Waals surface area contributed by atoms with E-state index in [9.17, 15) is 0 Å². The molecule has 0 aromatic heterocycles. The van der Waals surface area contributed by atoms with E-state index in [4.69, 9.17) is 14.2 Å². The molecule has 1 unspecified atom stereocenters. The number of ether oxygens (including phenoxy) is 3.